The van der Waals surface area contributed by atoms with E-state index in [1.54, 1.807) is 0 Å². The number of hydrogen-bond donors (Lipinski definition) is 2. The topological polar surface area (TPSA) is 78.5 Å². The lowest BCUT2D eigenvalue weighted by molar-refractivity contribution is -0.139. The fourth-order valence-corrected chi connectivity index (χ4v) is 4.11. The summed E-state index contributed by atoms with van der Waals surface area (Å²) in [4.78, 5) is 37.8. The van der Waals surface area contributed by atoms with Gasteiger partial charge < -0.3 is 15.5 Å². The van der Waals surface area contributed by atoms with Crippen LogP contribution in [-0.2, 0) is 27.2 Å². The molecule has 2 N–H and O–H groups in total. The van der Waals surface area contributed by atoms with Gasteiger partial charge in [0.1, 0.15) is 0 Å². The maximum absolute atomic E-state index is 12.3. The fourth-order valence-electron chi connectivity index (χ4n) is 4.11. The van der Waals surface area contributed by atoms with Gasteiger partial charge in [-0.1, -0.05) is 25.1 Å². The van der Waals surface area contributed by atoms with Crippen molar-refractivity contribution < 1.29 is 14.4 Å². The van der Waals surface area contributed by atoms with E-state index in [0.29, 0.717) is 25.9 Å². The normalized spacial score (nSPS) is 17.2. The van der Waals surface area contributed by atoms with Gasteiger partial charge in [0, 0.05) is 26.1 Å². The largest absolute Gasteiger partial charge is 0.348 e. The average Bonchev–Trinajstić information content (AvgIpc) is 3.13. The number of nitrogens with one attached hydrogen (secondary N) is 2. The summed E-state index contributed by atoms with van der Waals surface area (Å²) in [6, 6.07) is 6.27. The highest BCUT2D eigenvalue weighted by atomic mass is 16.2. The quantitative estimate of drug-likeness (QED) is 0.558. The van der Waals surface area contributed by atoms with E-state index in [4.69, 9.17) is 0 Å². The van der Waals surface area contributed by atoms with Crippen LogP contribution in [0.15, 0.2) is 18.2 Å². The highest BCUT2D eigenvalue weighted by Crippen LogP contribution is 2.26. The molecule has 1 saturated heterocycles. The van der Waals surface area contributed by atoms with Crippen molar-refractivity contribution in [1.82, 2.24) is 15.5 Å². The van der Waals surface area contributed by atoms with E-state index in [1.165, 1.54) is 24.0 Å². The van der Waals surface area contributed by atoms with Crippen LogP contribution in [0.1, 0.15) is 68.2 Å². The fraction of sp³-hybridized carbons (Fsp3) is 0.591. The Morgan fingerprint density at radius 2 is 1.86 bits per heavy atom. The summed E-state index contributed by atoms with van der Waals surface area (Å²) in [6.45, 7) is 3.83. The lowest BCUT2D eigenvalue weighted by atomic mass is 9.89. The zero-order valence-corrected chi connectivity index (χ0v) is 16.8. The van der Waals surface area contributed by atoms with Gasteiger partial charge in [-0.3, -0.25) is 14.4 Å². The first kappa shape index (κ1) is 20.4. The SMILES string of the molecule is CCC(NC(=O)C(=O)NCCCN1CCCC1=O)c1ccc2c(c1)CCCC2. The van der Waals surface area contributed by atoms with E-state index < -0.39 is 11.8 Å². The molecular weight excluding hydrogens is 354 g/mol. The molecule has 0 saturated carbocycles. The van der Waals surface area contributed by atoms with Crippen molar-refractivity contribution in [2.45, 2.75) is 64.3 Å². The lowest BCUT2D eigenvalue weighted by Gasteiger charge is -2.21. The van der Waals surface area contributed by atoms with Crippen molar-refractivity contribution in [2.24, 2.45) is 0 Å². The highest BCUT2D eigenvalue weighted by molar-refractivity contribution is 6.35. The number of benzene rings is 1. The monoisotopic (exact) mass is 385 g/mol. The number of rotatable bonds is 7. The molecule has 0 radical (unpaired) electrons. The zero-order valence-electron chi connectivity index (χ0n) is 16.8. The molecule has 0 aromatic heterocycles. The van der Waals surface area contributed by atoms with E-state index >= 15 is 0 Å². The van der Waals surface area contributed by atoms with Crippen molar-refractivity contribution in [3.05, 3.63) is 34.9 Å². The lowest BCUT2D eigenvalue weighted by Crippen LogP contribution is -2.42. The molecule has 1 aromatic carbocycles. The summed E-state index contributed by atoms with van der Waals surface area (Å²) < 4.78 is 0. The Labute approximate surface area is 167 Å². The number of carbonyl (C=O) groups is 3. The predicted molar refractivity (Wildman–Crippen MR) is 108 cm³/mol. The van der Waals surface area contributed by atoms with Crippen LogP contribution in [0.5, 0.6) is 0 Å². The Morgan fingerprint density at radius 1 is 1.07 bits per heavy atom. The Hall–Kier alpha value is -2.37. The van der Waals surface area contributed by atoms with Crippen molar-refractivity contribution >= 4 is 17.7 Å². The third-order valence-electron chi connectivity index (χ3n) is 5.76. The van der Waals surface area contributed by atoms with Gasteiger partial charge in [-0.25, -0.2) is 0 Å². The molecule has 1 aliphatic carbocycles. The molecule has 1 fully saturated rings. The molecule has 6 nitrogen and oxygen atoms in total. The number of nitrogens with zero attached hydrogens (tertiary/aromatic N) is 1. The third-order valence-corrected chi connectivity index (χ3v) is 5.76. The predicted octanol–water partition coefficient (Wildman–Crippen LogP) is 2.26. The Morgan fingerprint density at radius 3 is 2.57 bits per heavy atom. The van der Waals surface area contributed by atoms with E-state index in [0.717, 1.165) is 37.8 Å². The Balaban J connectivity index is 1.46. The van der Waals surface area contributed by atoms with Gasteiger partial charge in [-0.2, -0.15) is 0 Å². The highest BCUT2D eigenvalue weighted by Gasteiger charge is 2.21. The molecule has 0 bridgehead atoms. The summed E-state index contributed by atoms with van der Waals surface area (Å²) in [6.07, 6.45) is 7.60. The van der Waals surface area contributed by atoms with Crippen LogP contribution < -0.4 is 10.6 Å². The van der Waals surface area contributed by atoms with E-state index in [-0.39, 0.29) is 11.9 Å². The molecule has 2 aliphatic rings. The number of carbonyl (C=O) groups excluding carboxylic acids is 3. The van der Waals surface area contributed by atoms with Crippen molar-refractivity contribution in [3.63, 3.8) is 0 Å². The number of amides is 3. The molecule has 1 aliphatic heterocycles. The maximum atomic E-state index is 12.3. The molecule has 3 amide bonds. The minimum Gasteiger partial charge on any atom is -0.348 e. The average molecular weight is 386 g/mol. The summed E-state index contributed by atoms with van der Waals surface area (Å²) in [5.74, 6) is -1.02. The molecule has 6 heteroatoms. The van der Waals surface area contributed by atoms with Gasteiger partial charge in [0.2, 0.25) is 5.91 Å². The number of fused-ring (bicyclic) bond motifs is 1. The summed E-state index contributed by atoms with van der Waals surface area (Å²) in [5.41, 5.74) is 3.85. The van der Waals surface area contributed by atoms with Crippen molar-refractivity contribution in [3.8, 4) is 0 Å². The van der Waals surface area contributed by atoms with Crippen LogP contribution in [0, 0.1) is 0 Å². The summed E-state index contributed by atoms with van der Waals surface area (Å²) in [5, 5.41) is 5.53. The minimum absolute atomic E-state index is 0.160. The smallest absolute Gasteiger partial charge is 0.309 e. The van der Waals surface area contributed by atoms with Crippen LogP contribution in [0.4, 0.5) is 0 Å². The van der Waals surface area contributed by atoms with E-state index in [9.17, 15) is 14.4 Å². The van der Waals surface area contributed by atoms with Crippen molar-refractivity contribution in [2.75, 3.05) is 19.6 Å². The first-order valence-corrected chi connectivity index (χ1v) is 10.6. The van der Waals surface area contributed by atoms with Gasteiger partial charge >= 0.3 is 11.8 Å². The van der Waals surface area contributed by atoms with Crippen molar-refractivity contribution in [1.29, 1.82) is 0 Å². The van der Waals surface area contributed by atoms with E-state index in [1.807, 2.05) is 11.8 Å². The molecule has 3 rings (SSSR count). The molecule has 1 heterocycles. The number of aryl methyl sites for hydroxylation is 2. The molecule has 1 unspecified atom stereocenters. The standard InChI is InChI=1S/C22H31N3O3/c1-2-19(18-11-10-16-7-3-4-8-17(16)15-18)24-22(28)21(27)23-12-6-14-25-13-5-9-20(25)26/h10-11,15,19H,2-9,12-14H2,1H3,(H,23,27)(H,24,28). The van der Waals surface area contributed by atoms with Crippen LogP contribution in [-0.4, -0.2) is 42.3 Å². The molecule has 1 aromatic rings. The first-order valence-electron chi connectivity index (χ1n) is 10.6. The second-order valence-corrected chi connectivity index (χ2v) is 7.76. The maximum Gasteiger partial charge on any atom is 0.309 e. The molecular formula is C22H31N3O3. The number of hydrogen-bond acceptors (Lipinski definition) is 3. The second-order valence-electron chi connectivity index (χ2n) is 7.76. The van der Waals surface area contributed by atoms with Gasteiger partial charge in [0.05, 0.1) is 6.04 Å². The van der Waals surface area contributed by atoms with Crippen LogP contribution in [0.2, 0.25) is 0 Å². The minimum atomic E-state index is -0.607. The van der Waals surface area contributed by atoms with Gasteiger partial charge in [0.15, 0.2) is 0 Å². The summed E-state index contributed by atoms with van der Waals surface area (Å²) >= 11 is 0. The van der Waals surface area contributed by atoms with Gasteiger partial charge in [-0.05, 0) is 61.6 Å². The second kappa shape index (κ2) is 9.71. The first-order chi connectivity index (χ1) is 13.6. The Kier molecular flexibility index (Phi) is 7.06. The third kappa shape index (κ3) is 5.12. The molecule has 28 heavy (non-hydrogen) atoms. The summed E-state index contributed by atoms with van der Waals surface area (Å²) in [7, 11) is 0. The van der Waals surface area contributed by atoms with Crippen LogP contribution in [0.25, 0.3) is 0 Å². The molecule has 1 atom stereocenters. The number of likely N-dealkylation sites (tertiary alicyclic amines) is 1. The molecule has 0 spiro atoms. The van der Waals surface area contributed by atoms with Crippen LogP contribution in [0.3, 0.4) is 0 Å². The van der Waals surface area contributed by atoms with E-state index in [2.05, 4.69) is 28.8 Å². The Bertz CT molecular complexity index is 732. The van der Waals surface area contributed by atoms with Gasteiger partial charge in [0.25, 0.3) is 0 Å². The molecule has 152 valence electrons. The van der Waals surface area contributed by atoms with Gasteiger partial charge in [-0.15, -0.1) is 0 Å². The zero-order chi connectivity index (χ0) is 19.9. The van der Waals surface area contributed by atoms with Crippen LogP contribution >= 0.6 is 0 Å².